The highest BCUT2D eigenvalue weighted by molar-refractivity contribution is 7.71. The molecule has 1 heterocycles. The second kappa shape index (κ2) is 8.50. The Kier molecular flexibility index (Phi) is 5.64. The zero-order chi connectivity index (χ0) is 20.2. The maximum atomic E-state index is 9.76. The Morgan fingerprint density at radius 2 is 1.86 bits per heavy atom. The van der Waals surface area contributed by atoms with E-state index in [4.69, 9.17) is 21.7 Å². The van der Waals surface area contributed by atoms with Crippen molar-refractivity contribution >= 4 is 12.2 Å². The van der Waals surface area contributed by atoms with Gasteiger partial charge in [-0.1, -0.05) is 48.6 Å². The molecule has 1 aliphatic rings. The zero-order valence-corrected chi connectivity index (χ0v) is 17.1. The predicted octanol–water partition coefficient (Wildman–Crippen LogP) is 5.75. The minimum atomic E-state index is 0.464. The number of methoxy groups -OCH3 is 1. The van der Waals surface area contributed by atoms with E-state index in [9.17, 15) is 5.26 Å². The molecule has 29 heavy (non-hydrogen) atoms. The number of nitriles is 1. The second-order valence-electron chi connectivity index (χ2n) is 7.12. The van der Waals surface area contributed by atoms with Crippen LogP contribution in [0.2, 0.25) is 0 Å². The molecule has 1 aliphatic carbocycles. The number of nitrogens with one attached hydrogen (secondary N) is 1. The van der Waals surface area contributed by atoms with Crippen molar-refractivity contribution in [3.8, 4) is 28.7 Å². The van der Waals surface area contributed by atoms with Gasteiger partial charge in [-0.3, -0.25) is 0 Å². The van der Waals surface area contributed by atoms with Crippen molar-refractivity contribution in [1.29, 1.82) is 5.26 Å². The maximum Gasteiger partial charge on any atom is 0.161 e. The number of benzene rings is 2. The van der Waals surface area contributed by atoms with Crippen molar-refractivity contribution in [2.24, 2.45) is 0 Å². The Morgan fingerprint density at radius 1 is 1.07 bits per heavy atom. The molecule has 3 aromatic rings. The first-order valence-corrected chi connectivity index (χ1v) is 10.2. The van der Waals surface area contributed by atoms with Crippen LogP contribution in [0.25, 0.3) is 11.1 Å². The van der Waals surface area contributed by atoms with E-state index < -0.39 is 0 Å². The van der Waals surface area contributed by atoms with Gasteiger partial charge in [0.15, 0.2) is 11.5 Å². The quantitative estimate of drug-likeness (QED) is 0.552. The van der Waals surface area contributed by atoms with Gasteiger partial charge in [0.25, 0.3) is 0 Å². The Morgan fingerprint density at radius 3 is 2.62 bits per heavy atom. The van der Waals surface area contributed by atoms with E-state index in [0.717, 1.165) is 48.1 Å². The molecule has 4 rings (SSSR count). The van der Waals surface area contributed by atoms with Crippen molar-refractivity contribution < 1.29 is 9.47 Å². The van der Waals surface area contributed by atoms with Gasteiger partial charge >= 0.3 is 0 Å². The van der Waals surface area contributed by atoms with Gasteiger partial charge in [-0.15, -0.1) is 0 Å². The van der Waals surface area contributed by atoms with Gasteiger partial charge in [-0.2, -0.15) is 5.26 Å². The molecular weight excluding hydrogens is 380 g/mol. The number of ether oxygens (including phenoxy) is 2. The summed E-state index contributed by atoms with van der Waals surface area (Å²) in [6.07, 6.45) is 4.16. The molecule has 0 bridgehead atoms. The van der Waals surface area contributed by atoms with Gasteiger partial charge < -0.3 is 14.5 Å². The fourth-order valence-electron chi connectivity index (χ4n) is 3.89. The lowest BCUT2D eigenvalue weighted by molar-refractivity contribution is 0.284. The molecule has 0 amide bonds. The van der Waals surface area contributed by atoms with E-state index in [0.29, 0.717) is 28.3 Å². The standard InChI is InChI=1S/C24H22N2O2S/c1-27-22-13-17(11-12-21(22)28-15-16-7-3-2-4-8-16)23-18-9-5-6-10-20(18)26-24(29)19(23)14-25/h2-4,7-8,11-13H,5-6,9-10,15H2,1H3,(H,26,29). The number of H-pyrrole nitrogens is 1. The van der Waals surface area contributed by atoms with Gasteiger partial charge in [-0.05, 0) is 54.5 Å². The molecule has 0 unspecified atom stereocenters. The molecular formula is C24H22N2O2S. The monoisotopic (exact) mass is 402 g/mol. The summed E-state index contributed by atoms with van der Waals surface area (Å²) in [4.78, 5) is 3.27. The average molecular weight is 403 g/mol. The number of hydrogen-bond donors (Lipinski definition) is 1. The lowest BCUT2D eigenvalue weighted by Crippen LogP contribution is -2.09. The average Bonchev–Trinajstić information content (AvgIpc) is 2.77. The minimum Gasteiger partial charge on any atom is -0.493 e. The fraction of sp³-hybridized carbons (Fsp3) is 0.250. The number of aromatic amines is 1. The van der Waals surface area contributed by atoms with Gasteiger partial charge in [0.1, 0.15) is 17.3 Å². The van der Waals surface area contributed by atoms with Crippen LogP contribution in [-0.2, 0) is 19.4 Å². The molecule has 0 saturated heterocycles. The van der Waals surface area contributed by atoms with Crippen LogP contribution in [0, 0.1) is 16.0 Å². The molecule has 0 fully saturated rings. The third-order valence-corrected chi connectivity index (χ3v) is 5.62. The van der Waals surface area contributed by atoms with Crippen molar-refractivity contribution in [3.63, 3.8) is 0 Å². The van der Waals surface area contributed by atoms with E-state index in [1.54, 1.807) is 7.11 Å². The van der Waals surface area contributed by atoms with Crippen molar-refractivity contribution in [2.45, 2.75) is 32.3 Å². The molecule has 1 aromatic heterocycles. The number of nitrogens with zero attached hydrogens (tertiary/aromatic N) is 1. The van der Waals surface area contributed by atoms with Gasteiger partial charge in [0, 0.05) is 11.3 Å². The summed E-state index contributed by atoms with van der Waals surface area (Å²) in [5, 5.41) is 9.76. The smallest absolute Gasteiger partial charge is 0.161 e. The number of aryl methyl sites for hydroxylation is 1. The summed E-state index contributed by atoms with van der Waals surface area (Å²) in [7, 11) is 1.63. The fourth-order valence-corrected chi connectivity index (χ4v) is 4.16. The molecule has 0 saturated carbocycles. The van der Waals surface area contributed by atoms with E-state index in [1.807, 2.05) is 48.5 Å². The number of hydrogen-bond acceptors (Lipinski definition) is 4. The lowest BCUT2D eigenvalue weighted by atomic mass is 9.87. The van der Waals surface area contributed by atoms with E-state index >= 15 is 0 Å². The summed E-state index contributed by atoms with van der Waals surface area (Å²) in [6, 6.07) is 18.2. The second-order valence-corrected chi connectivity index (χ2v) is 7.53. The van der Waals surface area contributed by atoms with Crippen LogP contribution in [0.15, 0.2) is 48.5 Å². The summed E-state index contributed by atoms with van der Waals surface area (Å²) in [6.45, 7) is 0.464. The van der Waals surface area contributed by atoms with E-state index in [1.165, 1.54) is 5.56 Å². The first kappa shape index (κ1) is 19.2. The van der Waals surface area contributed by atoms with E-state index in [2.05, 4.69) is 11.1 Å². The third kappa shape index (κ3) is 3.90. The van der Waals surface area contributed by atoms with Crippen molar-refractivity contribution in [2.75, 3.05) is 7.11 Å². The number of pyridine rings is 1. The Hall–Kier alpha value is -3.10. The lowest BCUT2D eigenvalue weighted by Gasteiger charge is -2.21. The van der Waals surface area contributed by atoms with Gasteiger partial charge in [0.05, 0.1) is 12.7 Å². The number of aromatic nitrogens is 1. The maximum absolute atomic E-state index is 9.76. The highest BCUT2D eigenvalue weighted by Gasteiger charge is 2.21. The predicted molar refractivity (Wildman–Crippen MR) is 116 cm³/mol. The Labute approximate surface area is 175 Å². The molecule has 0 atom stereocenters. The van der Waals surface area contributed by atoms with Crippen LogP contribution in [-0.4, -0.2) is 12.1 Å². The highest BCUT2D eigenvalue weighted by atomic mass is 32.1. The van der Waals surface area contributed by atoms with Crippen LogP contribution in [0.5, 0.6) is 11.5 Å². The van der Waals surface area contributed by atoms with Gasteiger partial charge in [-0.25, -0.2) is 0 Å². The molecule has 4 nitrogen and oxygen atoms in total. The SMILES string of the molecule is COc1cc(-c2c3c([nH]c(=S)c2C#N)CCCC3)ccc1OCc1ccccc1. The number of rotatable bonds is 5. The van der Waals surface area contributed by atoms with Crippen molar-refractivity contribution in [1.82, 2.24) is 4.98 Å². The topological polar surface area (TPSA) is 58.0 Å². The van der Waals surface area contributed by atoms with Crippen LogP contribution in [0.4, 0.5) is 0 Å². The largest absolute Gasteiger partial charge is 0.493 e. The highest BCUT2D eigenvalue weighted by Crippen LogP contribution is 2.38. The molecule has 0 radical (unpaired) electrons. The number of fused-ring (bicyclic) bond motifs is 1. The molecule has 0 aliphatic heterocycles. The summed E-state index contributed by atoms with van der Waals surface area (Å²) >= 11 is 5.47. The third-order valence-electron chi connectivity index (χ3n) is 5.31. The molecule has 1 N–H and O–H groups in total. The first-order valence-electron chi connectivity index (χ1n) is 9.74. The molecule has 5 heteroatoms. The molecule has 0 spiro atoms. The Bertz CT molecular complexity index is 1130. The normalized spacial score (nSPS) is 12.7. The van der Waals surface area contributed by atoms with Crippen LogP contribution >= 0.6 is 12.2 Å². The van der Waals surface area contributed by atoms with Crippen LogP contribution < -0.4 is 9.47 Å². The van der Waals surface area contributed by atoms with Crippen LogP contribution in [0.3, 0.4) is 0 Å². The van der Waals surface area contributed by atoms with Crippen molar-refractivity contribution in [3.05, 3.63) is 75.6 Å². The minimum absolute atomic E-state index is 0.464. The summed E-state index contributed by atoms with van der Waals surface area (Å²) in [5.74, 6) is 1.32. The van der Waals surface area contributed by atoms with Gasteiger partial charge in [0.2, 0.25) is 0 Å². The Balaban J connectivity index is 1.74. The van der Waals surface area contributed by atoms with Crippen LogP contribution in [0.1, 0.15) is 35.2 Å². The van der Waals surface area contributed by atoms with E-state index in [-0.39, 0.29) is 0 Å². The summed E-state index contributed by atoms with van der Waals surface area (Å²) in [5.41, 5.74) is 5.83. The molecule has 146 valence electrons. The summed E-state index contributed by atoms with van der Waals surface area (Å²) < 4.78 is 12.1. The zero-order valence-electron chi connectivity index (χ0n) is 16.3. The first-order chi connectivity index (χ1) is 14.2. The molecule has 2 aromatic carbocycles.